The molecule has 3 rings (SSSR count). The lowest BCUT2D eigenvalue weighted by Crippen LogP contribution is -2.36. The van der Waals surface area contributed by atoms with E-state index in [1.165, 1.54) is 18.4 Å². The van der Waals surface area contributed by atoms with Crippen LogP contribution in [0.25, 0.3) is 0 Å². The molecule has 1 aromatic heterocycles. The van der Waals surface area contributed by atoms with Crippen LogP contribution in [-0.4, -0.2) is 18.4 Å². The summed E-state index contributed by atoms with van der Waals surface area (Å²) < 4.78 is 18.2. The Morgan fingerprint density at radius 3 is 2.44 bits per heavy atom. The minimum absolute atomic E-state index is 0.162. The Balaban J connectivity index is 1.57. The number of hydrogen-bond acceptors (Lipinski definition) is 4. The number of furan rings is 1. The molecule has 0 atom stereocenters. The first kappa shape index (κ1) is 18.2. The number of para-hydroxylation sites is 1. The van der Waals surface area contributed by atoms with Crippen molar-refractivity contribution in [2.75, 3.05) is 11.9 Å². The predicted octanol–water partition coefficient (Wildman–Crippen LogP) is 3.21. The molecule has 0 bridgehead atoms. The van der Waals surface area contributed by atoms with E-state index in [-0.39, 0.29) is 24.8 Å². The van der Waals surface area contributed by atoms with Crippen LogP contribution in [0.3, 0.4) is 0 Å². The van der Waals surface area contributed by atoms with E-state index in [9.17, 15) is 14.0 Å². The third kappa shape index (κ3) is 5.18. The summed E-state index contributed by atoms with van der Waals surface area (Å²) in [6.07, 6.45) is 1.52. The van der Waals surface area contributed by atoms with Crippen molar-refractivity contribution in [1.29, 1.82) is 0 Å². The molecule has 2 aromatic carbocycles. The molecule has 0 saturated carbocycles. The number of rotatable bonds is 7. The van der Waals surface area contributed by atoms with Crippen LogP contribution in [-0.2, 0) is 11.3 Å². The van der Waals surface area contributed by atoms with E-state index < -0.39 is 5.91 Å². The normalized spacial score (nSPS) is 10.3. The van der Waals surface area contributed by atoms with Gasteiger partial charge in [0.1, 0.15) is 11.6 Å². The molecule has 7 heteroatoms. The monoisotopic (exact) mass is 367 g/mol. The van der Waals surface area contributed by atoms with Gasteiger partial charge in [-0.15, -0.1) is 0 Å². The van der Waals surface area contributed by atoms with E-state index in [4.69, 9.17) is 4.42 Å². The largest absolute Gasteiger partial charge is 0.467 e. The predicted molar refractivity (Wildman–Crippen MR) is 99.0 cm³/mol. The third-order valence-electron chi connectivity index (χ3n) is 3.74. The lowest BCUT2D eigenvalue weighted by atomic mass is 10.1. The molecule has 0 unspecified atom stereocenters. The number of benzene rings is 2. The van der Waals surface area contributed by atoms with Crippen molar-refractivity contribution in [1.82, 2.24) is 10.6 Å². The first-order valence-electron chi connectivity index (χ1n) is 8.31. The highest BCUT2D eigenvalue weighted by Gasteiger charge is 2.12. The van der Waals surface area contributed by atoms with Gasteiger partial charge >= 0.3 is 0 Å². The maximum absolute atomic E-state index is 13.0. The van der Waals surface area contributed by atoms with Gasteiger partial charge in [0.25, 0.3) is 5.91 Å². The summed E-state index contributed by atoms with van der Waals surface area (Å²) in [4.78, 5) is 24.3. The highest BCUT2D eigenvalue weighted by molar-refractivity contribution is 6.01. The van der Waals surface area contributed by atoms with E-state index in [2.05, 4.69) is 16.0 Å². The van der Waals surface area contributed by atoms with Crippen LogP contribution in [0.15, 0.2) is 71.3 Å². The Morgan fingerprint density at radius 1 is 0.926 bits per heavy atom. The smallest absolute Gasteiger partial charge is 0.253 e. The minimum Gasteiger partial charge on any atom is -0.467 e. The van der Waals surface area contributed by atoms with Crippen LogP contribution >= 0.6 is 0 Å². The Kier molecular flexibility index (Phi) is 5.84. The Labute approximate surface area is 155 Å². The second kappa shape index (κ2) is 8.66. The molecule has 0 aliphatic carbocycles. The van der Waals surface area contributed by atoms with Gasteiger partial charge in [-0.3, -0.25) is 9.59 Å². The van der Waals surface area contributed by atoms with Gasteiger partial charge in [0.15, 0.2) is 0 Å². The zero-order chi connectivity index (χ0) is 19.1. The minimum atomic E-state index is -0.395. The van der Waals surface area contributed by atoms with Crippen molar-refractivity contribution in [3.05, 3.63) is 84.1 Å². The molecule has 3 N–H and O–H groups in total. The van der Waals surface area contributed by atoms with Crippen LogP contribution < -0.4 is 16.0 Å². The third-order valence-corrected chi connectivity index (χ3v) is 3.74. The van der Waals surface area contributed by atoms with Crippen molar-refractivity contribution in [3.63, 3.8) is 0 Å². The van der Waals surface area contributed by atoms with E-state index in [1.807, 2.05) is 0 Å². The molecule has 0 aliphatic heterocycles. The van der Waals surface area contributed by atoms with Gasteiger partial charge in [-0.25, -0.2) is 4.39 Å². The number of hydrogen-bond donors (Lipinski definition) is 3. The van der Waals surface area contributed by atoms with Gasteiger partial charge in [-0.05, 0) is 48.5 Å². The maximum atomic E-state index is 13.0. The summed E-state index contributed by atoms with van der Waals surface area (Å²) in [5.41, 5.74) is 1.58. The lowest BCUT2D eigenvalue weighted by Gasteiger charge is -2.12. The topological polar surface area (TPSA) is 83.4 Å². The van der Waals surface area contributed by atoms with E-state index >= 15 is 0 Å². The average Bonchev–Trinajstić information content (AvgIpc) is 3.20. The van der Waals surface area contributed by atoms with E-state index in [0.717, 1.165) is 0 Å². The van der Waals surface area contributed by atoms with Gasteiger partial charge in [0.05, 0.1) is 30.6 Å². The van der Waals surface area contributed by atoms with Gasteiger partial charge in [-0.2, -0.15) is 0 Å². The molecular weight excluding hydrogens is 349 g/mol. The van der Waals surface area contributed by atoms with E-state index in [1.54, 1.807) is 48.5 Å². The quantitative estimate of drug-likeness (QED) is 0.599. The number of carbonyl (C=O) groups excluding carboxylic acids is 2. The molecule has 3 aromatic rings. The first-order valence-corrected chi connectivity index (χ1v) is 8.31. The van der Waals surface area contributed by atoms with Crippen molar-refractivity contribution in [2.24, 2.45) is 0 Å². The number of carbonyl (C=O) groups is 2. The fourth-order valence-electron chi connectivity index (χ4n) is 2.40. The summed E-state index contributed by atoms with van der Waals surface area (Å²) in [6, 6.07) is 16.2. The van der Waals surface area contributed by atoms with Crippen molar-refractivity contribution in [3.8, 4) is 0 Å². The van der Waals surface area contributed by atoms with Gasteiger partial charge in [0.2, 0.25) is 5.91 Å². The summed E-state index contributed by atoms with van der Waals surface area (Å²) in [5.74, 6) is -0.437. The summed E-state index contributed by atoms with van der Waals surface area (Å²) in [6.45, 7) is 0.0921. The Morgan fingerprint density at radius 2 is 1.70 bits per heavy atom. The van der Waals surface area contributed by atoms with Crippen LogP contribution in [0.1, 0.15) is 16.1 Å². The van der Waals surface area contributed by atoms with Crippen LogP contribution in [0.4, 0.5) is 15.8 Å². The molecule has 0 fully saturated rings. The van der Waals surface area contributed by atoms with Crippen molar-refractivity contribution < 1.29 is 18.4 Å². The Bertz CT molecular complexity index is 908. The lowest BCUT2D eigenvalue weighted by molar-refractivity contribution is -0.120. The molecule has 138 valence electrons. The average molecular weight is 367 g/mol. The highest BCUT2D eigenvalue weighted by atomic mass is 19.1. The summed E-state index contributed by atoms with van der Waals surface area (Å²) in [7, 11) is 0. The maximum Gasteiger partial charge on any atom is 0.253 e. The molecule has 1 heterocycles. The summed E-state index contributed by atoms with van der Waals surface area (Å²) >= 11 is 0. The molecule has 0 aliphatic rings. The standard InChI is InChI=1S/C20H18FN3O3/c21-14-7-9-15(10-8-14)24-18-6-2-1-5-17(18)20(26)23-13-19(25)22-12-16-4-3-11-27-16/h1-11,24H,12-13H2,(H,22,25)(H,23,26). The zero-order valence-electron chi connectivity index (χ0n) is 14.4. The number of nitrogens with one attached hydrogen (secondary N) is 3. The summed E-state index contributed by atoms with van der Waals surface area (Å²) in [5, 5.41) is 8.31. The molecule has 2 amide bonds. The van der Waals surface area contributed by atoms with Gasteiger partial charge < -0.3 is 20.4 Å². The van der Waals surface area contributed by atoms with Crippen LogP contribution in [0.2, 0.25) is 0 Å². The Hall–Kier alpha value is -3.61. The number of halogens is 1. The first-order chi connectivity index (χ1) is 13.1. The second-order valence-electron chi connectivity index (χ2n) is 5.72. The molecule has 0 spiro atoms. The molecule has 0 saturated heterocycles. The fraction of sp³-hybridized carbons (Fsp3) is 0.100. The highest BCUT2D eigenvalue weighted by Crippen LogP contribution is 2.21. The molecular formula is C20H18FN3O3. The molecule has 6 nitrogen and oxygen atoms in total. The molecule has 27 heavy (non-hydrogen) atoms. The number of anilines is 2. The second-order valence-corrected chi connectivity index (χ2v) is 5.72. The van der Waals surface area contributed by atoms with Gasteiger partial charge in [-0.1, -0.05) is 12.1 Å². The van der Waals surface area contributed by atoms with Gasteiger partial charge in [0, 0.05) is 5.69 Å². The van der Waals surface area contributed by atoms with Crippen LogP contribution in [0.5, 0.6) is 0 Å². The fourth-order valence-corrected chi connectivity index (χ4v) is 2.40. The van der Waals surface area contributed by atoms with Crippen molar-refractivity contribution >= 4 is 23.2 Å². The zero-order valence-corrected chi connectivity index (χ0v) is 14.4. The van der Waals surface area contributed by atoms with Crippen molar-refractivity contribution in [2.45, 2.75) is 6.54 Å². The SMILES string of the molecule is O=C(CNC(=O)c1ccccc1Nc1ccc(F)cc1)NCc1ccco1. The molecule has 0 radical (unpaired) electrons. The van der Waals surface area contributed by atoms with Crippen LogP contribution in [0, 0.1) is 5.82 Å². The number of amides is 2. The van der Waals surface area contributed by atoms with E-state index in [0.29, 0.717) is 22.7 Å².